The number of rotatable bonds is 2. The lowest BCUT2D eigenvalue weighted by Gasteiger charge is -2.34. The van der Waals surface area contributed by atoms with Gasteiger partial charge < -0.3 is 9.88 Å². The van der Waals surface area contributed by atoms with Crippen molar-refractivity contribution in [3.63, 3.8) is 0 Å². The van der Waals surface area contributed by atoms with Gasteiger partial charge in [-0.1, -0.05) is 0 Å². The normalized spacial score (nSPS) is 18.5. The van der Waals surface area contributed by atoms with Gasteiger partial charge >= 0.3 is 0 Å². The van der Waals surface area contributed by atoms with Crippen LogP contribution >= 0.6 is 11.3 Å². The molecule has 0 aromatic carbocycles. The molecule has 1 atom stereocenters. The van der Waals surface area contributed by atoms with Crippen LogP contribution in [0.1, 0.15) is 52.1 Å². The van der Waals surface area contributed by atoms with Crippen LogP contribution in [0.4, 0.5) is 0 Å². The van der Waals surface area contributed by atoms with Gasteiger partial charge in [-0.2, -0.15) is 0 Å². The molecule has 0 saturated carbocycles. The number of pyridine rings is 1. The number of aromatic amines is 1. The highest BCUT2D eigenvalue weighted by molar-refractivity contribution is 7.09. The molecule has 1 N–H and O–H groups in total. The number of aryl methyl sites for hydroxylation is 2. The predicted molar refractivity (Wildman–Crippen MR) is 86.3 cm³/mol. The molecule has 1 aliphatic rings. The maximum atomic E-state index is 12.8. The van der Waals surface area contributed by atoms with Crippen LogP contribution in [-0.2, 0) is 0 Å². The average molecular weight is 317 g/mol. The maximum absolute atomic E-state index is 12.8. The van der Waals surface area contributed by atoms with Gasteiger partial charge in [0.2, 0.25) is 0 Å². The minimum absolute atomic E-state index is 0.0133. The summed E-state index contributed by atoms with van der Waals surface area (Å²) < 4.78 is 0. The molecule has 0 radical (unpaired) electrons. The number of H-pyrrole nitrogens is 1. The van der Waals surface area contributed by atoms with E-state index >= 15 is 0 Å². The molecule has 0 bridgehead atoms. The number of aromatic nitrogens is 2. The third-order valence-electron chi connectivity index (χ3n) is 3.97. The second-order valence-electron chi connectivity index (χ2n) is 5.72. The van der Waals surface area contributed by atoms with Crippen LogP contribution in [0.2, 0.25) is 0 Å². The number of carbonyl (C=O) groups excluding carboxylic acids is 1. The highest BCUT2D eigenvalue weighted by Crippen LogP contribution is 2.33. The first-order valence-electron chi connectivity index (χ1n) is 7.49. The monoisotopic (exact) mass is 317 g/mol. The Morgan fingerprint density at radius 1 is 1.36 bits per heavy atom. The first kappa shape index (κ1) is 15.0. The Morgan fingerprint density at radius 3 is 2.86 bits per heavy atom. The van der Waals surface area contributed by atoms with Crippen LogP contribution in [0.5, 0.6) is 0 Å². The second kappa shape index (κ2) is 6.04. The van der Waals surface area contributed by atoms with Gasteiger partial charge in [0.1, 0.15) is 10.6 Å². The fourth-order valence-corrected chi connectivity index (χ4v) is 3.79. The molecule has 2 aromatic heterocycles. The lowest BCUT2D eigenvalue weighted by Crippen LogP contribution is -2.40. The lowest BCUT2D eigenvalue weighted by atomic mass is 10.0. The Balaban J connectivity index is 1.93. The van der Waals surface area contributed by atoms with Crippen LogP contribution in [-0.4, -0.2) is 27.3 Å². The zero-order valence-electron chi connectivity index (χ0n) is 12.8. The Hall–Kier alpha value is -1.95. The lowest BCUT2D eigenvalue weighted by molar-refractivity contribution is 0.0609. The summed E-state index contributed by atoms with van der Waals surface area (Å²) in [6.45, 7) is 4.44. The van der Waals surface area contributed by atoms with E-state index < -0.39 is 0 Å². The average Bonchev–Trinajstić information content (AvgIpc) is 2.93. The Morgan fingerprint density at radius 2 is 2.18 bits per heavy atom. The van der Waals surface area contributed by atoms with E-state index in [0.717, 1.165) is 35.7 Å². The summed E-state index contributed by atoms with van der Waals surface area (Å²) in [6.07, 6.45) is 2.95. The summed E-state index contributed by atoms with van der Waals surface area (Å²) in [5, 5.41) is 2.97. The van der Waals surface area contributed by atoms with E-state index in [9.17, 15) is 9.59 Å². The standard InChI is InChI=1S/C16H19N3O2S/c1-10-6-7-12(14(20)17-10)16(21)19-8-4-3-5-13(19)15-18-11(2)9-22-15/h6-7,9,13H,3-5,8H2,1-2H3,(H,17,20). The van der Waals surface area contributed by atoms with Gasteiger partial charge in [0.15, 0.2) is 0 Å². The highest BCUT2D eigenvalue weighted by Gasteiger charge is 2.31. The Labute approximate surface area is 133 Å². The molecular formula is C16H19N3O2S. The van der Waals surface area contributed by atoms with E-state index in [4.69, 9.17) is 0 Å². The van der Waals surface area contributed by atoms with Crippen molar-refractivity contribution in [3.05, 3.63) is 49.8 Å². The van der Waals surface area contributed by atoms with Gasteiger partial charge in [0.05, 0.1) is 6.04 Å². The van der Waals surface area contributed by atoms with Gasteiger partial charge in [0.25, 0.3) is 11.5 Å². The zero-order chi connectivity index (χ0) is 15.7. The smallest absolute Gasteiger partial charge is 0.260 e. The number of hydrogen-bond donors (Lipinski definition) is 1. The van der Waals surface area contributed by atoms with Crippen molar-refractivity contribution in [1.82, 2.24) is 14.9 Å². The minimum Gasteiger partial charge on any atom is -0.329 e. The van der Waals surface area contributed by atoms with E-state index in [0.29, 0.717) is 6.54 Å². The number of amides is 1. The van der Waals surface area contributed by atoms with Gasteiger partial charge in [-0.25, -0.2) is 4.98 Å². The van der Waals surface area contributed by atoms with E-state index in [2.05, 4.69) is 9.97 Å². The fraction of sp³-hybridized carbons (Fsp3) is 0.438. The van der Waals surface area contributed by atoms with Gasteiger partial charge in [0, 0.05) is 23.3 Å². The first-order valence-corrected chi connectivity index (χ1v) is 8.37. The van der Waals surface area contributed by atoms with Gasteiger partial charge in [-0.3, -0.25) is 9.59 Å². The molecule has 0 aliphatic carbocycles. The van der Waals surface area contributed by atoms with Crippen molar-refractivity contribution in [2.45, 2.75) is 39.2 Å². The number of likely N-dealkylation sites (tertiary alicyclic amines) is 1. The summed E-state index contributed by atoms with van der Waals surface area (Å²) in [6, 6.07) is 3.37. The van der Waals surface area contributed by atoms with Crippen molar-refractivity contribution < 1.29 is 4.79 Å². The number of nitrogens with one attached hydrogen (secondary N) is 1. The summed E-state index contributed by atoms with van der Waals surface area (Å²) in [5.74, 6) is -0.196. The van der Waals surface area contributed by atoms with E-state index in [1.807, 2.05) is 17.2 Å². The molecule has 116 valence electrons. The highest BCUT2D eigenvalue weighted by atomic mass is 32.1. The van der Waals surface area contributed by atoms with Crippen molar-refractivity contribution >= 4 is 17.2 Å². The summed E-state index contributed by atoms with van der Waals surface area (Å²) in [7, 11) is 0. The molecule has 5 nitrogen and oxygen atoms in total. The van der Waals surface area contributed by atoms with Crippen LogP contribution in [0.15, 0.2) is 22.3 Å². The Kier molecular flexibility index (Phi) is 4.11. The maximum Gasteiger partial charge on any atom is 0.260 e. The molecule has 1 fully saturated rings. The summed E-state index contributed by atoms with van der Waals surface area (Å²) in [5.41, 5.74) is 1.63. The molecule has 2 aromatic rings. The SMILES string of the molecule is Cc1csc(C2CCCCN2C(=O)c2ccc(C)[nH]c2=O)n1. The van der Waals surface area contributed by atoms with Crippen LogP contribution in [0.3, 0.4) is 0 Å². The summed E-state index contributed by atoms with van der Waals surface area (Å²) >= 11 is 1.59. The zero-order valence-corrected chi connectivity index (χ0v) is 13.6. The molecule has 1 unspecified atom stereocenters. The quantitative estimate of drug-likeness (QED) is 0.926. The number of carbonyl (C=O) groups is 1. The van der Waals surface area contributed by atoms with Crippen molar-refractivity contribution in [2.75, 3.05) is 6.54 Å². The van der Waals surface area contributed by atoms with Crippen LogP contribution in [0, 0.1) is 13.8 Å². The molecule has 3 heterocycles. The minimum atomic E-state index is -0.315. The Bertz CT molecular complexity index is 750. The molecule has 1 amide bonds. The van der Waals surface area contributed by atoms with Gasteiger partial charge in [-0.05, 0) is 45.2 Å². The topological polar surface area (TPSA) is 66.1 Å². The summed E-state index contributed by atoms with van der Waals surface area (Å²) in [4.78, 5) is 33.9. The number of hydrogen-bond acceptors (Lipinski definition) is 4. The molecule has 1 aliphatic heterocycles. The molecule has 22 heavy (non-hydrogen) atoms. The largest absolute Gasteiger partial charge is 0.329 e. The van der Waals surface area contributed by atoms with E-state index in [-0.39, 0.29) is 23.1 Å². The van der Waals surface area contributed by atoms with Crippen molar-refractivity contribution in [2.24, 2.45) is 0 Å². The third kappa shape index (κ3) is 2.83. The van der Waals surface area contributed by atoms with Gasteiger partial charge in [-0.15, -0.1) is 11.3 Å². The molecule has 6 heteroatoms. The van der Waals surface area contributed by atoms with Crippen LogP contribution in [0.25, 0.3) is 0 Å². The first-order chi connectivity index (χ1) is 10.6. The molecular weight excluding hydrogens is 298 g/mol. The van der Waals surface area contributed by atoms with Crippen molar-refractivity contribution in [3.8, 4) is 0 Å². The van der Waals surface area contributed by atoms with Crippen LogP contribution < -0.4 is 5.56 Å². The number of piperidine rings is 1. The van der Waals surface area contributed by atoms with Crippen molar-refractivity contribution in [1.29, 1.82) is 0 Å². The van der Waals surface area contributed by atoms with E-state index in [1.165, 1.54) is 0 Å². The molecule has 1 saturated heterocycles. The second-order valence-corrected chi connectivity index (χ2v) is 6.61. The number of nitrogens with zero attached hydrogens (tertiary/aromatic N) is 2. The third-order valence-corrected chi connectivity index (χ3v) is 5.04. The number of thiazole rings is 1. The molecule has 3 rings (SSSR count). The fourth-order valence-electron chi connectivity index (χ4n) is 2.85. The van der Waals surface area contributed by atoms with E-state index in [1.54, 1.807) is 30.4 Å². The predicted octanol–water partition coefficient (Wildman–Crippen LogP) is 2.82. The molecule has 0 spiro atoms.